The molecule has 2 atom stereocenters. The fraction of sp³-hybridized carbons (Fsp3) is 0.929. The molecule has 140 valence electrons. The minimum absolute atomic E-state index is 0.00743. The number of aliphatic hydroxyl groups is 1. The van der Waals surface area contributed by atoms with E-state index in [0.717, 1.165) is 38.8 Å². The molecule has 2 unspecified atom stereocenters. The minimum Gasteiger partial charge on any atom is -0.396 e. The van der Waals surface area contributed by atoms with Crippen molar-refractivity contribution in [2.75, 3.05) is 33.0 Å². The molecule has 0 aliphatic heterocycles. The van der Waals surface area contributed by atoms with E-state index in [2.05, 4.69) is 15.3 Å². The fourth-order valence-corrected chi connectivity index (χ4v) is 2.52. The molecule has 0 fully saturated rings. The highest BCUT2D eigenvalue weighted by Crippen LogP contribution is 2.37. The average molecular weight is 364 g/mol. The Bertz CT molecular complexity index is 437. The Hall–Kier alpha value is -1.11. The summed E-state index contributed by atoms with van der Waals surface area (Å²) in [6.45, 7) is 2.12. The van der Waals surface area contributed by atoms with Gasteiger partial charge in [0.2, 0.25) is 5.91 Å². The van der Waals surface area contributed by atoms with Gasteiger partial charge in [-0.05, 0) is 31.2 Å². The second-order valence-electron chi connectivity index (χ2n) is 5.76. The topological polar surface area (TPSA) is 145 Å². The Morgan fingerprint density at radius 1 is 1.33 bits per heavy atom. The van der Waals surface area contributed by atoms with Gasteiger partial charge in [-0.3, -0.25) is 9.36 Å². The molecule has 1 amide bonds. The van der Waals surface area contributed by atoms with Crippen LogP contribution in [-0.2, 0) is 13.9 Å². The lowest BCUT2D eigenvalue weighted by molar-refractivity contribution is -0.121. The third kappa shape index (κ3) is 15.8. The van der Waals surface area contributed by atoms with E-state index in [-0.39, 0.29) is 25.0 Å². The third-order valence-corrected chi connectivity index (χ3v) is 4.02. The predicted molar refractivity (Wildman–Crippen MR) is 91.6 cm³/mol. The summed E-state index contributed by atoms with van der Waals surface area (Å²) in [5, 5.41) is 15.5. The van der Waals surface area contributed by atoms with Gasteiger partial charge in [0, 0.05) is 43.6 Å². The number of nitrogens with one attached hydrogen (secondary N) is 1. The van der Waals surface area contributed by atoms with Crippen LogP contribution in [0, 0.1) is 5.92 Å². The Kier molecular flexibility index (Phi) is 13.6. The lowest BCUT2D eigenvalue weighted by Crippen LogP contribution is -2.24. The number of nitrogens with zero attached hydrogens (tertiary/aromatic N) is 3. The highest BCUT2D eigenvalue weighted by Gasteiger charge is 2.15. The van der Waals surface area contributed by atoms with Crippen LogP contribution in [0.25, 0.3) is 10.4 Å². The summed E-state index contributed by atoms with van der Waals surface area (Å²) < 4.78 is 15.8. The molecule has 0 spiro atoms. The molecule has 0 aromatic heterocycles. The number of unbranched alkanes of at least 4 members (excludes halogenated alkanes) is 3. The predicted octanol–water partition coefficient (Wildman–Crippen LogP) is 2.58. The van der Waals surface area contributed by atoms with Crippen molar-refractivity contribution in [1.29, 1.82) is 0 Å². The molecule has 0 aliphatic carbocycles. The van der Waals surface area contributed by atoms with Crippen LogP contribution < -0.4 is 5.32 Å². The monoisotopic (exact) mass is 364 g/mol. The number of hydrogen-bond donors (Lipinski definition) is 3. The molecule has 0 aliphatic rings. The summed E-state index contributed by atoms with van der Waals surface area (Å²) in [6.07, 6.45) is 5.13. The zero-order valence-corrected chi connectivity index (χ0v) is 15.2. The standard InChI is InChI=1S/C14H29N4O5P/c1-24(21,22)23-12-13(11-19)7-4-6-9-16-14(20)8-3-2-5-10-17-18-15/h13,19H,2-12H2,1H3,(H,16,20)(H,21,22). The van der Waals surface area contributed by atoms with Gasteiger partial charge in [0.25, 0.3) is 0 Å². The van der Waals surface area contributed by atoms with E-state index in [1.54, 1.807) is 0 Å². The van der Waals surface area contributed by atoms with Crippen molar-refractivity contribution in [3.63, 3.8) is 0 Å². The van der Waals surface area contributed by atoms with Gasteiger partial charge in [-0.2, -0.15) is 0 Å². The van der Waals surface area contributed by atoms with E-state index in [4.69, 9.17) is 14.9 Å². The second-order valence-corrected chi connectivity index (χ2v) is 7.62. The molecule has 0 aromatic carbocycles. The number of aliphatic hydroxyl groups excluding tert-OH is 1. The Labute approximate surface area is 142 Å². The number of carbonyl (C=O) groups is 1. The summed E-state index contributed by atoms with van der Waals surface area (Å²) in [5.41, 5.74) is 8.12. The molecule has 0 rings (SSSR count). The van der Waals surface area contributed by atoms with Crippen LogP contribution in [0.5, 0.6) is 0 Å². The summed E-state index contributed by atoms with van der Waals surface area (Å²) in [7, 11) is -3.50. The van der Waals surface area contributed by atoms with Crippen LogP contribution in [-0.4, -0.2) is 48.9 Å². The van der Waals surface area contributed by atoms with Crippen molar-refractivity contribution < 1.29 is 23.9 Å². The van der Waals surface area contributed by atoms with E-state index in [9.17, 15) is 14.5 Å². The lowest BCUT2D eigenvalue weighted by atomic mass is 10.0. The first-order chi connectivity index (χ1) is 11.4. The molecule has 3 N–H and O–H groups in total. The first-order valence-corrected chi connectivity index (χ1v) is 10.2. The minimum atomic E-state index is -3.50. The molecular formula is C14H29N4O5P. The number of hydrogen-bond acceptors (Lipinski definition) is 5. The van der Waals surface area contributed by atoms with Gasteiger partial charge in [0.05, 0.1) is 6.61 Å². The normalized spacial score (nSPS) is 14.5. The Morgan fingerprint density at radius 3 is 2.71 bits per heavy atom. The van der Waals surface area contributed by atoms with Crippen LogP contribution in [0.1, 0.15) is 44.9 Å². The quantitative estimate of drug-likeness (QED) is 0.134. The van der Waals surface area contributed by atoms with Crippen molar-refractivity contribution in [1.82, 2.24) is 5.32 Å². The SMILES string of the molecule is CP(=O)(O)OCC(CO)CCCCNC(=O)CCCCCN=[N+]=[N-]. The van der Waals surface area contributed by atoms with Crippen molar-refractivity contribution in [3.05, 3.63) is 10.4 Å². The molecule has 0 aromatic rings. The van der Waals surface area contributed by atoms with E-state index >= 15 is 0 Å². The van der Waals surface area contributed by atoms with E-state index in [1.165, 1.54) is 0 Å². The zero-order valence-electron chi connectivity index (χ0n) is 14.3. The second kappa shape index (κ2) is 14.3. The first kappa shape index (κ1) is 22.9. The molecule has 0 heterocycles. The highest BCUT2D eigenvalue weighted by molar-refractivity contribution is 7.51. The maximum absolute atomic E-state index is 11.6. The Balaban J connectivity index is 3.57. The van der Waals surface area contributed by atoms with Gasteiger partial charge in [-0.1, -0.05) is 18.0 Å². The molecule has 0 saturated heterocycles. The van der Waals surface area contributed by atoms with Crippen LogP contribution in [0.15, 0.2) is 5.11 Å². The number of amides is 1. The van der Waals surface area contributed by atoms with Crippen LogP contribution in [0.4, 0.5) is 0 Å². The highest BCUT2D eigenvalue weighted by atomic mass is 31.2. The third-order valence-electron chi connectivity index (χ3n) is 3.39. The largest absolute Gasteiger partial charge is 0.396 e. The van der Waals surface area contributed by atoms with Crippen molar-refractivity contribution in [3.8, 4) is 0 Å². The summed E-state index contributed by atoms with van der Waals surface area (Å²) in [4.78, 5) is 23.3. The van der Waals surface area contributed by atoms with Gasteiger partial charge in [0.15, 0.2) is 0 Å². The molecule has 24 heavy (non-hydrogen) atoms. The molecule has 0 radical (unpaired) electrons. The van der Waals surface area contributed by atoms with Crippen molar-refractivity contribution in [2.45, 2.75) is 44.9 Å². The summed E-state index contributed by atoms with van der Waals surface area (Å²) in [6, 6.07) is 0. The number of rotatable bonds is 15. The maximum atomic E-state index is 11.6. The van der Waals surface area contributed by atoms with Gasteiger partial charge < -0.3 is 19.8 Å². The van der Waals surface area contributed by atoms with Crippen molar-refractivity contribution >= 4 is 13.5 Å². The average Bonchev–Trinajstić information content (AvgIpc) is 2.52. The first-order valence-electron chi connectivity index (χ1n) is 8.22. The van der Waals surface area contributed by atoms with E-state index in [0.29, 0.717) is 25.9 Å². The van der Waals surface area contributed by atoms with Crippen LogP contribution >= 0.6 is 7.60 Å². The van der Waals surface area contributed by atoms with E-state index < -0.39 is 7.60 Å². The maximum Gasteiger partial charge on any atom is 0.325 e. The van der Waals surface area contributed by atoms with E-state index in [1.807, 2.05) is 0 Å². The smallest absolute Gasteiger partial charge is 0.325 e. The van der Waals surface area contributed by atoms with Gasteiger partial charge in [0.1, 0.15) is 0 Å². The summed E-state index contributed by atoms with van der Waals surface area (Å²) in [5.74, 6) is -0.162. The van der Waals surface area contributed by atoms with Gasteiger partial charge >= 0.3 is 7.60 Å². The molecule has 0 bridgehead atoms. The van der Waals surface area contributed by atoms with Gasteiger partial charge in [-0.15, -0.1) is 0 Å². The molecular weight excluding hydrogens is 335 g/mol. The molecule has 10 heteroatoms. The lowest BCUT2D eigenvalue weighted by Gasteiger charge is -2.15. The number of carbonyl (C=O) groups excluding carboxylic acids is 1. The number of azide groups is 1. The molecule has 9 nitrogen and oxygen atoms in total. The van der Waals surface area contributed by atoms with Gasteiger partial charge in [-0.25, -0.2) is 0 Å². The summed E-state index contributed by atoms with van der Waals surface area (Å²) >= 11 is 0. The molecule has 0 saturated carbocycles. The Morgan fingerprint density at radius 2 is 2.08 bits per heavy atom. The van der Waals surface area contributed by atoms with Crippen LogP contribution in [0.3, 0.4) is 0 Å². The fourth-order valence-electron chi connectivity index (χ4n) is 2.03. The zero-order chi connectivity index (χ0) is 18.3. The van der Waals surface area contributed by atoms with Crippen LogP contribution in [0.2, 0.25) is 0 Å². The van der Waals surface area contributed by atoms with Crippen molar-refractivity contribution in [2.24, 2.45) is 11.0 Å².